The molecule has 0 spiro atoms. The first-order valence-corrected chi connectivity index (χ1v) is 7.88. The van der Waals surface area contributed by atoms with Crippen LogP contribution in [0.2, 0.25) is 0 Å². The molecule has 116 valence electrons. The van der Waals surface area contributed by atoms with Gasteiger partial charge < -0.3 is 9.64 Å². The third kappa shape index (κ3) is 3.18. The lowest BCUT2D eigenvalue weighted by molar-refractivity contribution is -0.0472. The van der Waals surface area contributed by atoms with Crippen LogP contribution in [0.15, 0.2) is 30.5 Å². The van der Waals surface area contributed by atoms with E-state index < -0.39 is 0 Å². The van der Waals surface area contributed by atoms with E-state index in [0.29, 0.717) is 0 Å². The molecule has 1 saturated heterocycles. The first kappa shape index (κ1) is 15.1. The number of morpholine rings is 1. The second-order valence-corrected chi connectivity index (χ2v) is 6.24. The molecule has 22 heavy (non-hydrogen) atoms. The van der Waals surface area contributed by atoms with Gasteiger partial charge in [-0.1, -0.05) is 35.1 Å². The van der Waals surface area contributed by atoms with Gasteiger partial charge in [0.25, 0.3) is 0 Å². The van der Waals surface area contributed by atoms with Crippen molar-refractivity contribution < 1.29 is 4.74 Å². The lowest BCUT2D eigenvalue weighted by atomic mass is 10.2. The van der Waals surface area contributed by atoms with E-state index in [1.165, 1.54) is 5.56 Å². The zero-order chi connectivity index (χ0) is 15.7. The zero-order valence-electron chi connectivity index (χ0n) is 13.1. The monoisotopic (exact) mass is 316 g/mol. The number of aryl methyl sites for hydroxylation is 1. The summed E-state index contributed by atoms with van der Waals surface area (Å²) in [7, 11) is 0. The van der Waals surface area contributed by atoms with Gasteiger partial charge in [0.2, 0.25) is 0 Å². The highest BCUT2D eigenvalue weighted by Gasteiger charge is 2.25. The molecule has 0 saturated carbocycles. The summed E-state index contributed by atoms with van der Waals surface area (Å²) in [6.07, 6.45) is 2.24. The largest absolute Gasteiger partial charge is 0.372 e. The minimum absolute atomic E-state index is 0.175. The maximum Gasteiger partial charge on any atom is 0.140 e. The fourth-order valence-corrected chi connectivity index (χ4v) is 2.93. The van der Waals surface area contributed by atoms with Crippen LogP contribution in [0.25, 0.3) is 5.69 Å². The molecule has 2 unspecified atom stereocenters. The molecule has 1 aliphatic heterocycles. The van der Waals surface area contributed by atoms with Crippen molar-refractivity contribution in [1.82, 2.24) is 19.9 Å². The number of rotatable bonds is 2. The Labute approximate surface area is 135 Å². The Kier molecular flexibility index (Phi) is 4.22. The van der Waals surface area contributed by atoms with Crippen LogP contribution in [-0.2, 0) is 4.74 Å². The number of aromatic nitrogens is 3. The molecule has 3 rings (SSSR count). The van der Waals surface area contributed by atoms with Gasteiger partial charge in [0, 0.05) is 13.1 Å². The van der Waals surface area contributed by atoms with Gasteiger partial charge >= 0.3 is 0 Å². The molecular weight excluding hydrogens is 296 g/mol. The van der Waals surface area contributed by atoms with Gasteiger partial charge in [-0.15, -0.1) is 5.10 Å². The van der Waals surface area contributed by atoms with E-state index in [2.05, 4.69) is 48.1 Å². The van der Waals surface area contributed by atoms with E-state index in [1.807, 2.05) is 18.3 Å². The van der Waals surface area contributed by atoms with Crippen molar-refractivity contribution in [3.8, 4) is 5.69 Å². The average Bonchev–Trinajstić information content (AvgIpc) is 2.96. The summed E-state index contributed by atoms with van der Waals surface area (Å²) >= 11 is 5.58. The summed E-state index contributed by atoms with van der Waals surface area (Å²) in [4.78, 5) is 2.89. The molecule has 1 aromatic heterocycles. The van der Waals surface area contributed by atoms with Crippen LogP contribution in [0.1, 0.15) is 25.1 Å². The van der Waals surface area contributed by atoms with E-state index in [4.69, 9.17) is 17.0 Å². The quantitative estimate of drug-likeness (QED) is 0.796. The fourth-order valence-electron chi connectivity index (χ4n) is 2.69. The second-order valence-electron chi connectivity index (χ2n) is 5.85. The molecule has 0 bridgehead atoms. The topological polar surface area (TPSA) is 43.2 Å². The Balaban J connectivity index is 1.78. The Hall–Kier alpha value is -1.79. The Morgan fingerprint density at radius 3 is 2.45 bits per heavy atom. The molecular formula is C16H20N4OS. The Morgan fingerprint density at radius 1 is 1.18 bits per heavy atom. The summed E-state index contributed by atoms with van der Waals surface area (Å²) < 4.78 is 7.50. The maximum atomic E-state index is 5.75. The smallest absolute Gasteiger partial charge is 0.140 e. The average molecular weight is 316 g/mol. The number of benzene rings is 1. The van der Waals surface area contributed by atoms with Gasteiger partial charge in [0.05, 0.1) is 24.1 Å². The minimum atomic E-state index is 0.175. The molecule has 0 aliphatic carbocycles. The van der Waals surface area contributed by atoms with Crippen LogP contribution >= 0.6 is 12.2 Å². The molecule has 0 radical (unpaired) electrons. The standard InChI is InChI=1S/C16H20N4OS/c1-11-4-6-14(7-5-11)20-10-15(17-18-20)16(22)19-8-12(2)21-13(3)9-19/h4-7,10,12-13H,8-9H2,1-3H3. The number of ether oxygens (including phenoxy) is 1. The number of nitrogens with zero attached hydrogens (tertiary/aromatic N) is 4. The second kappa shape index (κ2) is 6.14. The van der Waals surface area contributed by atoms with Gasteiger partial charge in [0.1, 0.15) is 10.7 Å². The number of thiocarbonyl (C=S) groups is 1. The first-order chi connectivity index (χ1) is 10.5. The van der Waals surface area contributed by atoms with E-state index in [1.54, 1.807) is 4.68 Å². The summed E-state index contributed by atoms with van der Waals surface area (Å²) in [5, 5.41) is 8.42. The summed E-state index contributed by atoms with van der Waals surface area (Å²) in [6.45, 7) is 7.77. The third-order valence-electron chi connectivity index (χ3n) is 3.72. The molecule has 1 aromatic carbocycles. The predicted molar refractivity (Wildman–Crippen MR) is 89.4 cm³/mol. The molecule has 0 N–H and O–H groups in total. The van der Waals surface area contributed by atoms with Gasteiger partial charge in [-0.05, 0) is 32.9 Å². The molecule has 1 aliphatic rings. The lowest BCUT2D eigenvalue weighted by Crippen LogP contribution is -2.47. The maximum absolute atomic E-state index is 5.75. The highest BCUT2D eigenvalue weighted by atomic mass is 32.1. The Morgan fingerprint density at radius 2 is 1.82 bits per heavy atom. The normalized spacial score (nSPS) is 21.9. The molecule has 2 atom stereocenters. The molecule has 0 amide bonds. The number of hydrogen-bond donors (Lipinski definition) is 0. The lowest BCUT2D eigenvalue weighted by Gasteiger charge is -2.36. The van der Waals surface area contributed by atoms with E-state index in [9.17, 15) is 0 Å². The van der Waals surface area contributed by atoms with Crippen LogP contribution in [0.5, 0.6) is 0 Å². The van der Waals surface area contributed by atoms with Gasteiger partial charge in [-0.2, -0.15) is 0 Å². The zero-order valence-corrected chi connectivity index (χ0v) is 13.9. The van der Waals surface area contributed by atoms with Crippen LogP contribution in [-0.4, -0.2) is 50.2 Å². The molecule has 2 heterocycles. The van der Waals surface area contributed by atoms with Crippen molar-refractivity contribution in [2.24, 2.45) is 0 Å². The SMILES string of the molecule is Cc1ccc(-n2cc(C(=S)N3CC(C)OC(C)C3)nn2)cc1. The van der Waals surface area contributed by atoms with Gasteiger partial charge in [-0.3, -0.25) is 0 Å². The molecule has 2 aromatic rings. The van der Waals surface area contributed by atoms with Crippen molar-refractivity contribution in [2.45, 2.75) is 33.0 Å². The van der Waals surface area contributed by atoms with Crippen molar-refractivity contribution in [2.75, 3.05) is 13.1 Å². The minimum Gasteiger partial charge on any atom is -0.372 e. The summed E-state index contributed by atoms with van der Waals surface area (Å²) in [5.74, 6) is 0. The van der Waals surface area contributed by atoms with E-state index in [-0.39, 0.29) is 12.2 Å². The third-order valence-corrected chi connectivity index (χ3v) is 4.19. The Bertz CT molecular complexity index is 657. The number of hydrogen-bond acceptors (Lipinski definition) is 4. The van der Waals surface area contributed by atoms with E-state index >= 15 is 0 Å². The predicted octanol–water partition coefficient (Wildman–Crippen LogP) is 2.36. The van der Waals surface area contributed by atoms with E-state index in [0.717, 1.165) is 29.5 Å². The van der Waals surface area contributed by atoms with Gasteiger partial charge in [-0.25, -0.2) is 4.68 Å². The van der Waals surface area contributed by atoms with Crippen LogP contribution in [0.4, 0.5) is 0 Å². The fraction of sp³-hybridized carbons (Fsp3) is 0.438. The summed E-state index contributed by atoms with van der Waals surface area (Å²) in [6, 6.07) is 8.16. The highest BCUT2D eigenvalue weighted by Crippen LogP contribution is 2.15. The van der Waals surface area contributed by atoms with Crippen LogP contribution in [0.3, 0.4) is 0 Å². The highest BCUT2D eigenvalue weighted by molar-refractivity contribution is 7.80. The first-order valence-electron chi connectivity index (χ1n) is 7.47. The molecule has 1 fully saturated rings. The van der Waals surface area contributed by atoms with Crippen molar-refractivity contribution in [3.05, 3.63) is 41.7 Å². The van der Waals surface area contributed by atoms with Crippen molar-refractivity contribution >= 4 is 17.2 Å². The van der Waals surface area contributed by atoms with Gasteiger partial charge in [0.15, 0.2) is 0 Å². The van der Waals surface area contributed by atoms with Crippen molar-refractivity contribution in [3.63, 3.8) is 0 Å². The van der Waals surface area contributed by atoms with Crippen molar-refractivity contribution in [1.29, 1.82) is 0 Å². The summed E-state index contributed by atoms with van der Waals surface area (Å²) in [5.41, 5.74) is 2.93. The van der Waals surface area contributed by atoms with Crippen LogP contribution in [0, 0.1) is 6.92 Å². The molecule has 6 heteroatoms. The van der Waals surface area contributed by atoms with Crippen LogP contribution < -0.4 is 0 Å². The molecule has 5 nitrogen and oxygen atoms in total.